The summed E-state index contributed by atoms with van der Waals surface area (Å²) in [6.07, 6.45) is 4.91. The van der Waals surface area contributed by atoms with E-state index in [-0.39, 0.29) is 37.0 Å². The molecule has 7 rings (SSSR count). The number of aromatic nitrogens is 2. The van der Waals surface area contributed by atoms with Crippen molar-refractivity contribution in [3.8, 4) is 12.1 Å². The third-order valence-electron chi connectivity index (χ3n) is 11.5. The minimum atomic E-state index is -0.643. The number of piperazine rings is 1. The fraction of sp³-hybridized carbons (Fsp3) is 0.432. The van der Waals surface area contributed by atoms with Crippen molar-refractivity contribution in [3.63, 3.8) is 0 Å². The maximum Gasteiger partial charge on any atom is 0.318 e. The molecule has 0 N–H and O–H groups in total. The van der Waals surface area contributed by atoms with Gasteiger partial charge < -0.3 is 24.2 Å². The molecular weight excluding hydrogens is 853 g/mol. The molecule has 2 fully saturated rings. The van der Waals surface area contributed by atoms with Gasteiger partial charge in [-0.15, -0.1) is 0 Å². The van der Waals surface area contributed by atoms with E-state index in [1.54, 1.807) is 4.90 Å². The van der Waals surface area contributed by atoms with Gasteiger partial charge in [0.15, 0.2) is 0 Å². The van der Waals surface area contributed by atoms with E-state index in [0.29, 0.717) is 56.7 Å². The Morgan fingerprint density at radius 2 is 1.86 bits per heavy atom. The van der Waals surface area contributed by atoms with Crippen LogP contribution < -0.4 is 14.5 Å². The first-order chi connectivity index (χ1) is 27.5. The first-order valence-electron chi connectivity index (χ1n) is 19.7. The highest BCUT2D eigenvalue weighted by Crippen LogP contribution is 2.37. The van der Waals surface area contributed by atoms with E-state index < -0.39 is 5.41 Å². The number of carbonyl (C=O) groups excluding carboxylic acids is 2. The second-order valence-corrected chi connectivity index (χ2v) is 17.4. The van der Waals surface area contributed by atoms with E-state index in [1.807, 2.05) is 50.2 Å². The molecule has 13 heteroatoms. The molecule has 0 aliphatic carbocycles. The summed E-state index contributed by atoms with van der Waals surface area (Å²) < 4.78 is 13.4. The zero-order valence-electron chi connectivity index (χ0n) is 32.6. The highest BCUT2D eigenvalue weighted by molar-refractivity contribution is 14.1. The predicted molar refractivity (Wildman–Crippen MR) is 231 cm³/mol. The minimum Gasteiger partial charge on any atom is -0.462 e. The Morgan fingerprint density at radius 1 is 1.05 bits per heavy atom. The SMILES string of the molecule is C=CC(=O)N1CCN(c2nc(OC[C@@H]3CCCN3CCC(C)(C)C(=O)OCc3cccc(I)c3)nc3c2CCN(c2cccc4cccc(Cl)c24)C3)C[C@@H]1CC#N. The molecule has 2 atom stereocenters. The molecule has 1 aromatic heterocycles. The van der Waals surface area contributed by atoms with E-state index in [0.717, 1.165) is 75.1 Å². The van der Waals surface area contributed by atoms with Gasteiger partial charge in [0.2, 0.25) is 5.91 Å². The molecular formula is C44H49ClIN7O4. The number of nitriles is 1. The van der Waals surface area contributed by atoms with Crippen LogP contribution in [0.4, 0.5) is 11.5 Å². The number of hydrogen-bond donors (Lipinski definition) is 0. The quantitative estimate of drug-likeness (QED) is 0.0757. The number of rotatable bonds is 13. The molecule has 0 radical (unpaired) electrons. The van der Waals surface area contributed by atoms with Crippen LogP contribution in [0.15, 0.2) is 73.3 Å². The first kappa shape index (κ1) is 40.7. The number of carbonyl (C=O) groups is 2. The molecule has 4 heterocycles. The normalized spacial score (nSPS) is 18.6. The van der Waals surface area contributed by atoms with Crippen molar-refractivity contribution in [2.45, 2.75) is 71.2 Å². The fourth-order valence-electron chi connectivity index (χ4n) is 8.24. The van der Waals surface area contributed by atoms with Crippen molar-refractivity contribution in [3.05, 3.63) is 98.7 Å². The zero-order chi connectivity index (χ0) is 40.1. The van der Waals surface area contributed by atoms with Gasteiger partial charge in [0, 0.05) is 52.4 Å². The number of anilines is 2. The molecule has 0 bridgehead atoms. The topological polar surface area (TPSA) is 115 Å². The van der Waals surface area contributed by atoms with Crippen LogP contribution >= 0.6 is 34.2 Å². The second kappa shape index (κ2) is 18.0. The van der Waals surface area contributed by atoms with Crippen molar-refractivity contribution >= 4 is 68.3 Å². The van der Waals surface area contributed by atoms with Crippen molar-refractivity contribution in [1.29, 1.82) is 5.26 Å². The van der Waals surface area contributed by atoms with Gasteiger partial charge in [-0.3, -0.25) is 14.5 Å². The lowest BCUT2D eigenvalue weighted by Crippen LogP contribution is -2.55. The Labute approximate surface area is 353 Å². The van der Waals surface area contributed by atoms with Crippen LogP contribution in [0.3, 0.4) is 0 Å². The number of benzene rings is 3. The van der Waals surface area contributed by atoms with Crippen LogP contribution in [-0.2, 0) is 33.9 Å². The number of halogens is 2. The molecule has 1 amide bonds. The molecule has 57 heavy (non-hydrogen) atoms. The summed E-state index contributed by atoms with van der Waals surface area (Å²) in [5, 5.41) is 12.5. The Bertz CT molecular complexity index is 2170. The number of hydrogen-bond acceptors (Lipinski definition) is 10. The van der Waals surface area contributed by atoms with Crippen LogP contribution in [0.2, 0.25) is 5.02 Å². The maximum absolute atomic E-state index is 13.2. The lowest BCUT2D eigenvalue weighted by molar-refractivity contribution is -0.156. The molecule has 298 valence electrons. The Balaban J connectivity index is 1.09. The summed E-state index contributed by atoms with van der Waals surface area (Å²) in [4.78, 5) is 44.7. The maximum atomic E-state index is 13.2. The number of nitrogens with zero attached hydrogens (tertiary/aromatic N) is 7. The van der Waals surface area contributed by atoms with Crippen molar-refractivity contribution in [1.82, 2.24) is 19.8 Å². The Kier molecular flexibility index (Phi) is 12.9. The van der Waals surface area contributed by atoms with Crippen molar-refractivity contribution < 1.29 is 19.1 Å². The van der Waals surface area contributed by atoms with Crippen molar-refractivity contribution in [2.24, 2.45) is 5.41 Å². The number of ether oxygens (including phenoxy) is 2. The van der Waals surface area contributed by atoms with Gasteiger partial charge in [-0.1, -0.05) is 54.6 Å². The lowest BCUT2D eigenvalue weighted by Gasteiger charge is -2.42. The summed E-state index contributed by atoms with van der Waals surface area (Å²) in [6.45, 7) is 12.7. The van der Waals surface area contributed by atoms with E-state index in [1.165, 1.54) is 6.08 Å². The standard InChI is InChI=1S/C44H49ClIN7O4/c1-4-39(54)53-24-23-52(26-33(53)16-19-47)41-35-17-21-51(38-15-7-11-31-10-6-14-36(45)40(31)38)27-37(35)48-43(49-41)57-29-34-13-8-20-50(34)22-18-44(2,3)42(55)56-28-30-9-5-12-32(46)25-30/h4-7,9-12,14-15,25,33-34H,1,8,13,16-18,20-24,26-29H2,2-3H3/t33-,34-/m0/s1. The van der Waals surface area contributed by atoms with Gasteiger partial charge in [0.25, 0.3) is 0 Å². The molecule has 3 aliphatic heterocycles. The van der Waals surface area contributed by atoms with Crippen LogP contribution in [0.25, 0.3) is 10.8 Å². The first-order valence-corrected chi connectivity index (χ1v) is 21.2. The largest absolute Gasteiger partial charge is 0.462 e. The second-order valence-electron chi connectivity index (χ2n) is 15.7. The van der Waals surface area contributed by atoms with Gasteiger partial charge in [-0.2, -0.15) is 15.2 Å². The summed E-state index contributed by atoms with van der Waals surface area (Å²) in [6, 6.07) is 22.7. The van der Waals surface area contributed by atoms with Gasteiger partial charge >= 0.3 is 12.0 Å². The van der Waals surface area contributed by atoms with E-state index in [4.69, 9.17) is 31.0 Å². The van der Waals surface area contributed by atoms with E-state index in [2.05, 4.69) is 74.2 Å². The number of amides is 1. The average Bonchev–Trinajstić information content (AvgIpc) is 3.68. The summed E-state index contributed by atoms with van der Waals surface area (Å²) in [5.74, 6) is 0.430. The third-order valence-corrected chi connectivity index (χ3v) is 12.5. The lowest BCUT2D eigenvalue weighted by atomic mass is 9.89. The fourth-order valence-corrected chi connectivity index (χ4v) is 9.13. The van der Waals surface area contributed by atoms with Gasteiger partial charge in [0.05, 0.1) is 41.2 Å². The van der Waals surface area contributed by atoms with Crippen molar-refractivity contribution in [2.75, 3.05) is 55.7 Å². The molecule has 3 aliphatic rings. The van der Waals surface area contributed by atoms with Gasteiger partial charge in [-0.05, 0) is 117 Å². The van der Waals surface area contributed by atoms with E-state index in [9.17, 15) is 14.9 Å². The minimum absolute atomic E-state index is 0.147. The number of esters is 1. The number of likely N-dealkylation sites (tertiary alicyclic amines) is 1. The zero-order valence-corrected chi connectivity index (χ0v) is 35.5. The highest BCUT2D eigenvalue weighted by atomic mass is 127. The molecule has 0 unspecified atom stereocenters. The summed E-state index contributed by atoms with van der Waals surface area (Å²) in [5.41, 5.74) is 3.34. The summed E-state index contributed by atoms with van der Waals surface area (Å²) >= 11 is 9.04. The molecule has 0 saturated carbocycles. The molecule has 11 nitrogen and oxygen atoms in total. The van der Waals surface area contributed by atoms with Crippen LogP contribution in [-0.4, -0.2) is 89.6 Å². The molecule has 3 aromatic carbocycles. The molecule has 0 spiro atoms. The van der Waals surface area contributed by atoms with E-state index >= 15 is 0 Å². The van der Waals surface area contributed by atoms with Gasteiger partial charge in [0.1, 0.15) is 19.0 Å². The van der Waals surface area contributed by atoms with Crippen LogP contribution in [0.1, 0.15) is 56.4 Å². The molecule has 4 aromatic rings. The molecule has 2 saturated heterocycles. The third kappa shape index (κ3) is 9.32. The monoisotopic (exact) mass is 901 g/mol. The number of fused-ring (bicyclic) bond motifs is 2. The highest BCUT2D eigenvalue weighted by Gasteiger charge is 2.35. The Hall–Kier alpha value is -4.45. The van der Waals surface area contributed by atoms with Crippen LogP contribution in [0.5, 0.6) is 6.01 Å². The van der Waals surface area contributed by atoms with Gasteiger partial charge in [-0.25, -0.2) is 0 Å². The average molecular weight is 902 g/mol. The smallest absolute Gasteiger partial charge is 0.318 e. The Morgan fingerprint density at radius 3 is 2.65 bits per heavy atom. The summed E-state index contributed by atoms with van der Waals surface area (Å²) in [7, 11) is 0. The van der Waals surface area contributed by atoms with Crippen LogP contribution in [0, 0.1) is 20.3 Å². The predicted octanol–water partition coefficient (Wildman–Crippen LogP) is 7.57.